The summed E-state index contributed by atoms with van der Waals surface area (Å²) >= 11 is 0. The summed E-state index contributed by atoms with van der Waals surface area (Å²) in [5.41, 5.74) is -0.212. The number of urea groups is 1. The van der Waals surface area contributed by atoms with E-state index in [-0.39, 0.29) is 42.1 Å². The van der Waals surface area contributed by atoms with Gasteiger partial charge in [-0.2, -0.15) is 0 Å². The molecule has 2 saturated heterocycles. The number of carbonyl (C=O) groups is 3. The van der Waals surface area contributed by atoms with Crippen LogP contribution in [0.25, 0.3) is 0 Å². The zero-order valence-electron chi connectivity index (χ0n) is 14.0. The second-order valence-corrected chi connectivity index (χ2v) is 7.58. The normalized spacial score (nSPS) is 26.0. The molecule has 0 bridgehead atoms. The molecule has 124 valence electrons. The summed E-state index contributed by atoms with van der Waals surface area (Å²) < 4.78 is 0. The summed E-state index contributed by atoms with van der Waals surface area (Å²) in [5.74, 6) is 0.0469. The molecule has 22 heavy (non-hydrogen) atoms. The number of nitrogens with zero attached hydrogens (tertiary/aromatic N) is 2. The van der Waals surface area contributed by atoms with Crippen LogP contribution in [0.3, 0.4) is 0 Å². The maximum Gasteiger partial charge on any atom is 0.317 e. The SMILES string of the molecule is C[C@H]1CCN(C(=O)NCCN2C(=O)CC(C(C)(C)C)C2=O)C1. The standard InChI is InChI=1S/C16H27N3O3/c1-11-5-7-18(10-11)15(22)17-6-8-19-13(20)9-12(14(19)21)16(2,3)4/h11-12H,5-10H2,1-4H3,(H,17,22)/t11-,12?/m0/s1. The third kappa shape index (κ3) is 3.59. The third-order valence-electron chi connectivity index (χ3n) is 4.61. The number of likely N-dealkylation sites (tertiary alicyclic amines) is 2. The maximum atomic E-state index is 12.3. The molecule has 0 radical (unpaired) electrons. The first-order valence-corrected chi connectivity index (χ1v) is 8.07. The molecule has 2 fully saturated rings. The van der Waals surface area contributed by atoms with Crippen molar-refractivity contribution in [3.63, 3.8) is 0 Å². The number of rotatable bonds is 3. The maximum absolute atomic E-state index is 12.3. The van der Waals surface area contributed by atoms with Gasteiger partial charge in [0.05, 0.1) is 5.92 Å². The van der Waals surface area contributed by atoms with Crippen molar-refractivity contribution in [1.82, 2.24) is 15.1 Å². The molecule has 0 spiro atoms. The van der Waals surface area contributed by atoms with Crippen LogP contribution in [-0.2, 0) is 9.59 Å². The summed E-state index contributed by atoms with van der Waals surface area (Å²) in [6, 6.07) is -0.101. The van der Waals surface area contributed by atoms with E-state index in [9.17, 15) is 14.4 Å². The second kappa shape index (κ2) is 6.26. The van der Waals surface area contributed by atoms with Gasteiger partial charge in [-0.25, -0.2) is 4.79 Å². The summed E-state index contributed by atoms with van der Waals surface area (Å²) in [7, 11) is 0. The van der Waals surface area contributed by atoms with Crippen LogP contribution in [0.5, 0.6) is 0 Å². The minimum atomic E-state index is -0.255. The van der Waals surface area contributed by atoms with Gasteiger partial charge in [0.2, 0.25) is 11.8 Å². The molecule has 6 nitrogen and oxygen atoms in total. The number of amides is 4. The highest BCUT2D eigenvalue weighted by atomic mass is 16.2. The third-order valence-corrected chi connectivity index (χ3v) is 4.61. The molecule has 0 saturated carbocycles. The van der Waals surface area contributed by atoms with E-state index in [0.29, 0.717) is 12.5 Å². The van der Waals surface area contributed by atoms with Crippen LogP contribution in [-0.4, -0.2) is 53.8 Å². The van der Waals surface area contributed by atoms with Gasteiger partial charge in [-0.3, -0.25) is 14.5 Å². The Morgan fingerprint density at radius 2 is 2.00 bits per heavy atom. The number of hydrogen-bond acceptors (Lipinski definition) is 3. The molecule has 2 heterocycles. The molecule has 2 aliphatic rings. The summed E-state index contributed by atoms with van der Waals surface area (Å²) in [6.45, 7) is 10.2. The van der Waals surface area contributed by atoms with Crippen molar-refractivity contribution in [2.24, 2.45) is 17.3 Å². The van der Waals surface area contributed by atoms with Gasteiger partial charge in [0.25, 0.3) is 0 Å². The van der Waals surface area contributed by atoms with Gasteiger partial charge in [0.1, 0.15) is 0 Å². The highest BCUT2D eigenvalue weighted by Gasteiger charge is 2.44. The highest BCUT2D eigenvalue weighted by Crippen LogP contribution is 2.35. The lowest BCUT2D eigenvalue weighted by atomic mass is 9.80. The molecule has 0 aromatic rings. The van der Waals surface area contributed by atoms with Crippen LogP contribution in [0.2, 0.25) is 0 Å². The topological polar surface area (TPSA) is 69.7 Å². The Morgan fingerprint density at radius 3 is 2.50 bits per heavy atom. The first-order chi connectivity index (χ1) is 10.2. The van der Waals surface area contributed by atoms with Gasteiger partial charge in [0, 0.05) is 32.6 Å². The van der Waals surface area contributed by atoms with Crippen LogP contribution in [0.4, 0.5) is 4.79 Å². The fraction of sp³-hybridized carbons (Fsp3) is 0.812. The Morgan fingerprint density at radius 1 is 1.32 bits per heavy atom. The van der Waals surface area contributed by atoms with Crippen molar-refractivity contribution in [3.05, 3.63) is 0 Å². The largest absolute Gasteiger partial charge is 0.336 e. The van der Waals surface area contributed by atoms with Crippen molar-refractivity contribution in [2.75, 3.05) is 26.2 Å². The molecular weight excluding hydrogens is 282 g/mol. The van der Waals surface area contributed by atoms with Gasteiger partial charge in [-0.05, 0) is 17.8 Å². The zero-order valence-corrected chi connectivity index (χ0v) is 14.0. The van der Waals surface area contributed by atoms with Crippen LogP contribution in [0.15, 0.2) is 0 Å². The van der Waals surface area contributed by atoms with Gasteiger partial charge in [-0.1, -0.05) is 27.7 Å². The Labute approximate surface area is 132 Å². The lowest BCUT2D eigenvalue weighted by Gasteiger charge is -2.25. The smallest absolute Gasteiger partial charge is 0.317 e. The van der Waals surface area contributed by atoms with Gasteiger partial charge in [-0.15, -0.1) is 0 Å². The number of hydrogen-bond donors (Lipinski definition) is 1. The van der Waals surface area contributed by atoms with Crippen LogP contribution >= 0.6 is 0 Å². The fourth-order valence-electron chi connectivity index (χ4n) is 3.10. The molecular formula is C16H27N3O3. The predicted octanol–water partition coefficient (Wildman–Crippen LogP) is 1.46. The van der Waals surface area contributed by atoms with E-state index in [1.54, 1.807) is 4.90 Å². The van der Waals surface area contributed by atoms with E-state index < -0.39 is 0 Å². The number of nitrogens with one attached hydrogen (secondary N) is 1. The van der Waals surface area contributed by atoms with E-state index in [1.807, 2.05) is 20.8 Å². The lowest BCUT2D eigenvalue weighted by Crippen LogP contribution is -2.43. The monoisotopic (exact) mass is 309 g/mol. The van der Waals surface area contributed by atoms with Crippen LogP contribution < -0.4 is 5.32 Å². The van der Waals surface area contributed by atoms with Crippen molar-refractivity contribution in [1.29, 1.82) is 0 Å². The molecule has 0 aliphatic carbocycles. The Kier molecular flexibility index (Phi) is 4.78. The Bertz CT molecular complexity index is 470. The summed E-state index contributed by atoms with van der Waals surface area (Å²) in [5, 5.41) is 2.81. The van der Waals surface area contributed by atoms with Crippen molar-refractivity contribution >= 4 is 17.8 Å². The van der Waals surface area contributed by atoms with Crippen LogP contribution in [0.1, 0.15) is 40.5 Å². The molecule has 0 aromatic heterocycles. The van der Waals surface area contributed by atoms with Crippen LogP contribution in [0, 0.1) is 17.3 Å². The molecule has 2 aliphatic heterocycles. The predicted molar refractivity (Wildman–Crippen MR) is 83.0 cm³/mol. The van der Waals surface area contributed by atoms with Gasteiger partial charge >= 0.3 is 6.03 Å². The Hall–Kier alpha value is -1.59. The summed E-state index contributed by atoms with van der Waals surface area (Å²) in [4.78, 5) is 39.4. The van der Waals surface area contributed by atoms with E-state index in [1.165, 1.54) is 4.90 Å². The van der Waals surface area contributed by atoms with Gasteiger partial charge in [0.15, 0.2) is 0 Å². The average molecular weight is 309 g/mol. The first-order valence-electron chi connectivity index (χ1n) is 8.07. The quantitative estimate of drug-likeness (QED) is 0.802. The zero-order chi connectivity index (χ0) is 16.5. The first kappa shape index (κ1) is 16.8. The van der Waals surface area contributed by atoms with Gasteiger partial charge < -0.3 is 10.2 Å². The molecule has 2 atom stereocenters. The number of carbonyl (C=O) groups excluding carboxylic acids is 3. The molecule has 4 amide bonds. The van der Waals surface area contributed by atoms with Crippen molar-refractivity contribution < 1.29 is 14.4 Å². The number of imide groups is 1. The van der Waals surface area contributed by atoms with E-state index in [0.717, 1.165) is 19.5 Å². The lowest BCUT2D eigenvalue weighted by molar-refractivity contribution is -0.140. The summed E-state index contributed by atoms with van der Waals surface area (Å²) in [6.07, 6.45) is 1.31. The fourth-order valence-corrected chi connectivity index (χ4v) is 3.10. The molecule has 2 rings (SSSR count). The molecule has 1 N–H and O–H groups in total. The molecule has 0 aromatic carbocycles. The Balaban J connectivity index is 1.81. The van der Waals surface area contributed by atoms with E-state index >= 15 is 0 Å². The van der Waals surface area contributed by atoms with Crippen molar-refractivity contribution in [2.45, 2.75) is 40.5 Å². The van der Waals surface area contributed by atoms with Crippen molar-refractivity contribution in [3.8, 4) is 0 Å². The highest BCUT2D eigenvalue weighted by molar-refractivity contribution is 6.03. The molecule has 6 heteroatoms. The van der Waals surface area contributed by atoms with E-state index in [2.05, 4.69) is 12.2 Å². The minimum absolute atomic E-state index is 0.101. The average Bonchev–Trinajstić information content (AvgIpc) is 2.95. The minimum Gasteiger partial charge on any atom is -0.336 e. The van der Waals surface area contributed by atoms with E-state index in [4.69, 9.17) is 0 Å². The second-order valence-electron chi connectivity index (χ2n) is 7.58. The molecule has 1 unspecified atom stereocenters.